The van der Waals surface area contributed by atoms with Gasteiger partial charge in [-0.3, -0.25) is 0 Å². The molecule has 1 fully saturated rings. The number of aryl methyl sites for hydroxylation is 1. The highest BCUT2D eigenvalue weighted by molar-refractivity contribution is 5.00. The number of hydrogen-bond acceptors (Lipinski definition) is 1. The van der Waals surface area contributed by atoms with Gasteiger partial charge in [0, 0.05) is 11.2 Å². The SMILES string of the molecule is CC(C)(C)OCC1C2CCn3[nH+]cc(C(C)(C)C)[n+]3CCC21. The molecule has 0 saturated heterocycles. The average molecular weight is 307 g/mol. The highest BCUT2D eigenvalue weighted by Gasteiger charge is 2.52. The van der Waals surface area contributed by atoms with Gasteiger partial charge in [-0.2, -0.15) is 0 Å². The first-order valence-electron chi connectivity index (χ1n) is 8.82. The van der Waals surface area contributed by atoms with Crippen molar-refractivity contribution in [2.75, 3.05) is 6.61 Å². The van der Waals surface area contributed by atoms with Crippen LogP contribution in [-0.2, 0) is 23.2 Å². The Morgan fingerprint density at radius 3 is 2.50 bits per heavy atom. The standard InChI is InChI=1S/C18H32N3O/c1-17(2,3)16-11-19-21-10-8-14-13(7-9-20(16)21)15(14)12-22-18(4,5)6/h11,13-15H,7-10,12H2,1-6H3/q+1/p+1. The van der Waals surface area contributed by atoms with Gasteiger partial charge in [0.2, 0.25) is 0 Å². The van der Waals surface area contributed by atoms with E-state index >= 15 is 0 Å². The first-order chi connectivity index (χ1) is 10.2. The van der Waals surface area contributed by atoms with Crippen LogP contribution in [0.15, 0.2) is 6.20 Å². The molecule has 0 radical (unpaired) electrons. The maximum absolute atomic E-state index is 6.04. The second-order valence-electron chi connectivity index (χ2n) is 9.15. The van der Waals surface area contributed by atoms with Gasteiger partial charge in [-0.1, -0.05) is 9.78 Å². The third-order valence-corrected chi connectivity index (χ3v) is 5.25. The van der Waals surface area contributed by atoms with Crippen LogP contribution in [0.25, 0.3) is 0 Å². The fourth-order valence-corrected chi connectivity index (χ4v) is 3.96. The van der Waals surface area contributed by atoms with Crippen molar-refractivity contribution < 1.29 is 14.5 Å². The van der Waals surface area contributed by atoms with E-state index in [9.17, 15) is 0 Å². The molecule has 1 aromatic heterocycles. The zero-order chi connectivity index (χ0) is 16.1. The summed E-state index contributed by atoms with van der Waals surface area (Å²) in [6.07, 6.45) is 4.75. The molecule has 4 heteroatoms. The Bertz CT molecular complexity index is 536. The molecule has 0 aromatic carbocycles. The lowest BCUT2D eigenvalue weighted by Gasteiger charge is -2.19. The van der Waals surface area contributed by atoms with Crippen molar-refractivity contribution in [2.24, 2.45) is 17.8 Å². The molecular weight excluding hydrogens is 274 g/mol. The molecule has 1 saturated carbocycles. The van der Waals surface area contributed by atoms with Gasteiger partial charge >= 0.3 is 0 Å². The van der Waals surface area contributed by atoms with E-state index in [2.05, 4.69) is 62.3 Å². The molecular formula is C18H33N3O+2. The molecule has 124 valence electrons. The summed E-state index contributed by atoms with van der Waals surface area (Å²) < 4.78 is 8.51. The van der Waals surface area contributed by atoms with Crippen molar-refractivity contribution in [3.8, 4) is 0 Å². The van der Waals surface area contributed by atoms with Crippen LogP contribution < -0.4 is 9.78 Å². The number of aromatic amines is 1. The zero-order valence-corrected chi connectivity index (χ0v) is 15.1. The molecule has 3 atom stereocenters. The minimum atomic E-state index is -0.00885. The van der Waals surface area contributed by atoms with Gasteiger partial charge in [-0.05, 0) is 65.7 Å². The smallest absolute Gasteiger partial charge is 0.282 e. The predicted molar refractivity (Wildman–Crippen MR) is 85.3 cm³/mol. The van der Waals surface area contributed by atoms with Crippen LogP contribution in [0.5, 0.6) is 0 Å². The number of hydrogen-bond donors (Lipinski definition) is 0. The fourth-order valence-electron chi connectivity index (χ4n) is 3.96. The highest BCUT2D eigenvalue weighted by Crippen LogP contribution is 2.51. The van der Waals surface area contributed by atoms with Gasteiger partial charge in [-0.15, -0.1) is 0 Å². The van der Waals surface area contributed by atoms with Crippen LogP contribution in [0.3, 0.4) is 0 Å². The lowest BCUT2D eigenvalue weighted by atomic mass is 9.92. The number of fused-ring (bicyclic) bond motifs is 2. The molecule has 0 bridgehead atoms. The number of aromatic nitrogens is 3. The van der Waals surface area contributed by atoms with E-state index in [-0.39, 0.29) is 11.0 Å². The van der Waals surface area contributed by atoms with Crippen LogP contribution in [0, 0.1) is 17.8 Å². The molecule has 0 amide bonds. The maximum Gasteiger partial charge on any atom is 0.282 e. The Kier molecular flexibility index (Phi) is 3.87. The van der Waals surface area contributed by atoms with Crippen LogP contribution in [0.2, 0.25) is 0 Å². The summed E-state index contributed by atoms with van der Waals surface area (Å²) in [6.45, 7) is 16.5. The molecule has 1 aliphatic heterocycles. The van der Waals surface area contributed by atoms with Gasteiger partial charge in [0.15, 0.2) is 6.54 Å². The normalized spacial score (nSPS) is 28.5. The number of nitrogens with one attached hydrogen (secondary N) is 1. The van der Waals surface area contributed by atoms with Crippen LogP contribution >= 0.6 is 0 Å². The molecule has 1 aromatic rings. The van der Waals surface area contributed by atoms with Crippen LogP contribution in [0.4, 0.5) is 0 Å². The topological polar surface area (TPSA) is 32.2 Å². The van der Waals surface area contributed by atoms with Crippen molar-refractivity contribution in [2.45, 2.75) is 78.5 Å². The van der Waals surface area contributed by atoms with Crippen molar-refractivity contribution in [1.82, 2.24) is 4.80 Å². The van der Waals surface area contributed by atoms with E-state index in [0.29, 0.717) is 0 Å². The minimum Gasteiger partial charge on any atom is -0.376 e. The van der Waals surface area contributed by atoms with Gasteiger partial charge in [0.25, 0.3) is 11.9 Å². The van der Waals surface area contributed by atoms with Crippen molar-refractivity contribution in [1.29, 1.82) is 0 Å². The Morgan fingerprint density at radius 2 is 1.86 bits per heavy atom. The maximum atomic E-state index is 6.04. The Balaban J connectivity index is 1.67. The summed E-state index contributed by atoms with van der Waals surface area (Å²) in [5.74, 6) is 2.51. The molecule has 2 heterocycles. The molecule has 1 aliphatic carbocycles. The number of ether oxygens (including phenoxy) is 1. The molecule has 2 aliphatic rings. The largest absolute Gasteiger partial charge is 0.376 e. The summed E-state index contributed by atoms with van der Waals surface area (Å²) in [7, 11) is 0. The quantitative estimate of drug-likeness (QED) is 0.772. The lowest BCUT2D eigenvalue weighted by Crippen LogP contribution is -2.52. The summed E-state index contributed by atoms with van der Waals surface area (Å²) in [5.41, 5.74) is 1.60. The Hall–Kier alpha value is -0.900. The first kappa shape index (κ1) is 16.0. The van der Waals surface area contributed by atoms with Gasteiger partial charge < -0.3 is 4.74 Å². The molecule has 4 nitrogen and oxygen atoms in total. The second-order valence-corrected chi connectivity index (χ2v) is 9.15. The Labute approximate surface area is 134 Å². The minimum absolute atomic E-state index is 0.00885. The van der Waals surface area contributed by atoms with Crippen molar-refractivity contribution in [3.63, 3.8) is 0 Å². The fraction of sp³-hybridized carbons (Fsp3) is 0.889. The summed E-state index contributed by atoms with van der Waals surface area (Å²) in [5, 5.41) is 3.46. The average Bonchev–Trinajstić information content (AvgIpc) is 2.83. The first-order valence-corrected chi connectivity index (χ1v) is 8.82. The zero-order valence-electron chi connectivity index (χ0n) is 15.1. The van der Waals surface area contributed by atoms with Crippen molar-refractivity contribution in [3.05, 3.63) is 11.9 Å². The molecule has 1 N–H and O–H groups in total. The van der Waals surface area contributed by atoms with E-state index in [4.69, 9.17) is 4.74 Å². The van der Waals surface area contributed by atoms with E-state index in [1.54, 1.807) is 0 Å². The summed E-state index contributed by atoms with van der Waals surface area (Å²) in [6, 6.07) is 0. The Morgan fingerprint density at radius 1 is 1.18 bits per heavy atom. The second kappa shape index (κ2) is 5.33. The monoisotopic (exact) mass is 307 g/mol. The molecule has 22 heavy (non-hydrogen) atoms. The van der Waals surface area contributed by atoms with Gasteiger partial charge in [-0.25, -0.2) is 0 Å². The summed E-state index contributed by atoms with van der Waals surface area (Å²) in [4.78, 5) is 2.32. The number of H-pyrrole nitrogens is 1. The third-order valence-electron chi connectivity index (χ3n) is 5.25. The molecule has 3 rings (SSSR count). The number of rotatable bonds is 2. The predicted octanol–water partition coefficient (Wildman–Crippen LogP) is 2.36. The van der Waals surface area contributed by atoms with Crippen LogP contribution in [0.1, 0.15) is 60.1 Å². The van der Waals surface area contributed by atoms with Gasteiger partial charge in [0.05, 0.1) is 17.6 Å². The van der Waals surface area contributed by atoms with Crippen molar-refractivity contribution >= 4 is 0 Å². The molecule has 0 spiro atoms. The van der Waals surface area contributed by atoms with E-state index < -0.39 is 0 Å². The third kappa shape index (κ3) is 3.22. The van der Waals surface area contributed by atoms with E-state index in [0.717, 1.165) is 37.5 Å². The summed E-state index contributed by atoms with van der Waals surface area (Å²) >= 11 is 0. The molecule has 3 unspecified atom stereocenters. The van der Waals surface area contributed by atoms with E-state index in [1.165, 1.54) is 18.5 Å². The lowest BCUT2D eigenvalue weighted by molar-refractivity contribution is -0.853. The number of nitrogens with zero attached hydrogens (tertiary/aromatic N) is 2. The highest BCUT2D eigenvalue weighted by atomic mass is 16.5. The van der Waals surface area contributed by atoms with Crippen LogP contribution in [-0.4, -0.2) is 17.0 Å². The van der Waals surface area contributed by atoms with Gasteiger partial charge in [0.1, 0.15) is 6.54 Å². The van der Waals surface area contributed by atoms with E-state index in [1.807, 2.05) is 0 Å².